The summed E-state index contributed by atoms with van der Waals surface area (Å²) in [4.78, 5) is 23.2. The van der Waals surface area contributed by atoms with Crippen molar-refractivity contribution >= 4 is 29.2 Å². The van der Waals surface area contributed by atoms with Crippen LogP contribution in [0.3, 0.4) is 0 Å². The molecule has 1 N–H and O–H groups in total. The summed E-state index contributed by atoms with van der Waals surface area (Å²) in [6, 6.07) is 5.57. The summed E-state index contributed by atoms with van der Waals surface area (Å²) >= 11 is 5.76. The van der Waals surface area contributed by atoms with E-state index in [1.165, 1.54) is 6.07 Å². The van der Waals surface area contributed by atoms with Gasteiger partial charge in [-0.1, -0.05) is 11.6 Å². The maximum absolute atomic E-state index is 13.4. The van der Waals surface area contributed by atoms with Crippen molar-refractivity contribution in [2.45, 2.75) is 0 Å². The monoisotopic (exact) mass is 343 g/mol. The summed E-state index contributed by atoms with van der Waals surface area (Å²) in [6.07, 6.45) is 0. The minimum Gasteiger partial charge on any atom is -0.452 e. The first-order chi connectivity index (χ1) is 10.9. The molecule has 0 aliphatic rings. The lowest BCUT2D eigenvalue weighted by molar-refractivity contribution is -0.119. The molecule has 0 fully saturated rings. The lowest BCUT2D eigenvalue weighted by atomic mass is 10.2. The highest BCUT2D eigenvalue weighted by Gasteiger charge is 2.16. The largest absolute Gasteiger partial charge is 0.452 e. The molecule has 120 valence electrons. The highest BCUT2D eigenvalue weighted by molar-refractivity contribution is 6.33. The van der Waals surface area contributed by atoms with Crippen molar-refractivity contribution in [1.82, 2.24) is 0 Å². The Morgan fingerprint density at radius 1 is 1.04 bits per heavy atom. The van der Waals surface area contributed by atoms with E-state index >= 15 is 0 Å². The average Bonchev–Trinajstić information content (AvgIpc) is 2.51. The molecule has 0 heterocycles. The van der Waals surface area contributed by atoms with Crippen LogP contribution in [0.5, 0.6) is 0 Å². The molecule has 2 aromatic rings. The Kier molecular flexibility index (Phi) is 5.23. The van der Waals surface area contributed by atoms with Gasteiger partial charge in [-0.3, -0.25) is 4.79 Å². The van der Waals surface area contributed by atoms with Crippen molar-refractivity contribution in [3.63, 3.8) is 0 Å². The fourth-order valence-corrected chi connectivity index (χ4v) is 1.81. The van der Waals surface area contributed by atoms with Gasteiger partial charge in [0.1, 0.15) is 17.5 Å². The molecule has 2 aromatic carbocycles. The maximum Gasteiger partial charge on any atom is 0.341 e. The highest BCUT2D eigenvalue weighted by Crippen LogP contribution is 2.22. The standard InChI is InChI=1S/C15H9ClF3NO3/c16-11-3-1-9(18)6-13(11)20-14(21)7-23-15(22)10-5-8(17)2-4-12(10)19/h1-6H,7H2,(H,20,21). The van der Waals surface area contributed by atoms with E-state index in [1.54, 1.807) is 0 Å². The van der Waals surface area contributed by atoms with E-state index in [1.807, 2.05) is 0 Å². The van der Waals surface area contributed by atoms with Crippen molar-refractivity contribution in [2.24, 2.45) is 0 Å². The van der Waals surface area contributed by atoms with Gasteiger partial charge < -0.3 is 10.1 Å². The topological polar surface area (TPSA) is 55.4 Å². The first-order valence-electron chi connectivity index (χ1n) is 6.24. The van der Waals surface area contributed by atoms with Crippen LogP contribution in [0.2, 0.25) is 5.02 Å². The zero-order valence-electron chi connectivity index (χ0n) is 11.4. The van der Waals surface area contributed by atoms with E-state index in [4.69, 9.17) is 11.6 Å². The van der Waals surface area contributed by atoms with Crippen LogP contribution in [0.25, 0.3) is 0 Å². The zero-order chi connectivity index (χ0) is 17.0. The molecule has 0 saturated heterocycles. The predicted octanol–water partition coefficient (Wildman–Crippen LogP) is 3.55. The van der Waals surface area contributed by atoms with Crippen LogP contribution in [0, 0.1) is 17.5 Å². The number of halogens is 4. The molecular weight excluding hydrogens is 335 g/mol. The van der Waals surface area contributed by atoms with Gasteiger partial charge in [0.15, 0.2) is 6.61 Å². The summed E-state index contributed by atoms with van der Waals surface area (Å²) < 4.78 is 44.0. The minimum atomic E-state index is -1.21. The number of ether oxygens (including phenoxy) is 1. The van der Waals surface area contributed by atoms with Crippen LogP contribution in [0.15, 0.2) is 36.4 Å². The van der Waals surface area contributed by atoms with E-state index in [0.29, 0.717) is 6.07 Å². The summed E-state index contributed by atoms with van der Waals surface area (Å²) in [5, 5.41) is 2.31. The molecule has 0 aliphatic carbocycles. The SMILES string of the molecule is O=C(COC(=O)c1cc(F)ccc1F)Nc1cc(F)ccc1Cl. The van der Waals surface area contributed by atoms with Crippen LogP contribution < -0.4 is 5.32 Å². The number of benzene rings is 2. The van der Waals surface area contributed by atoms with Gasteiger partial charge in [-0.2, -0.15) is 0 Å². The Morgan fingerprint density at radius 3 is 2.43 bits per heavy atom. The number of carbonyl (C=O) groups excluding carboxylic acids is 2. The number of rotatable bonds is 4. The number of hydrogen-bond donors (Lipinski definition) is 1. The second kappa shape index (κ2) is 7.15. The normalized spacial score (nSPS) is 10.3. The van der Waals surface area contributed by atoms with Gasteiger partial charge in [0, 0.05) is 0 Å². The van der Waals surface area contributed by atoms with Gasteiger partial charge >= 0.3 is 5.97 Å². The van der Waals surface area contributed by atoms with Crippen LogP contribution >= 0.6 is 11.6 Å². The maximum atomic E-state index is 13.4. The molecule has 1 amide bonds. The molecule has 23 heavy (non-hydrogen) atoms. The smallest absolute Gasteiger partial charge is 0.341 e. The minimum absolute atomic E-state index is 0.00958. The third kappa shape index (κ3) is 4.46. The molecule has 0 aliphatic heterocycles. The van der Waals surface area contributed by atoms with Gasteiger partial charge in [-0.15, -0.1) is 0 Å². The molecule has 2 rings (SSSR count). The second-order valence-electron chi connectivity index (χ2n) is 4.37. The summed E-state index contributed by atoms with van der Waals surface area (Å²) in [7, 11) is 0. The molecule has 0 spiro atoms. The number of anilines is 1. The van der Waals surface area contributed by atoms with E-state index in [0.717, 1.165) is 24.3 Å². The Morgan fingerprint density at radius 2 is 1.70 bits per heavy atom. The average molecular weight is 344 g/mol. The fraction of sp³-hybridized carbons (Fsp3) is 0.0667. The van der Waals surface area contributed by atoms with Crippen molar-refractivity contribution in [3.05, 3.63) is 64.4 Å². The molecule has 8 heteroatoms. The van der Waals surface area contributed by atoms with Crippen molar-refractivity contribution in [2.75, 3.05) is 11.9 Å². The molecule has 0 atom stereocenters. The summed E-state index contributed by atoms with van der Waals surface area (Å²) in [6.45, 7) is -0.776. The number of esters is 1. The Hall–Kier alpha value is -2.54. The first-order valence-corrected chi connectivity index (χ1v) is 6.61. The van der Waals surface area contributed by atoms with E-state index in [9.17, 15) is 22.8 Å². The number of hydrogen-bond acceptors (Lipinski definition) is 3. The Bertz CT molecular complexity index is 768. The molecule has 0 radical (unpaired) electrons. The Labute approximate surface area is 133 Å². The quantitative estimate of drug-likeness (QED) is 0.864. The summed E-state index contributed by atoms with van der Waals surface area (Å²) in [5.41, 5.74) is -0.647. The third-order valence-corrected chi connectivity index (χ3v) is 3.01. The van der Waals surface area contributed by atoms with Gasteiger partial charge in [0.05, 0.1) is 16.3 Å². The van der Waals surface area contributed by atoms with Crippen molar-refractivity contribution < 1.29 is 27.5 Å². The molecular formula is C15H9ClF3NO3. The lowest BCUT2D eigenvalue weighted by Crippen LogP contribution is -2.21. The molecule has 0 saturated carbocycles. The zero-order valence-corrected chi connectivity index (χ0v) is 12.2. The molecule has 4 nitrogen and oxygen atoms in total. The Balaban J connectivity index is 1.97. The summed E-state index contributed by atoms with van der Waals surface area (Å²) in [5.74, 6) is -4.45. The van der Waals surface area contributed by atoms with Crippen molar-refractivity contribution in [1.29, 1.82) is 0 Å². The van der Waals surface area contributed by atoms with Crippen LogP contribution in [0.1, 0.15) is 10.4 Å². The lowest BCUT2D eigenvalue weighted by Gasteiger charge is -2.08. The first kappa shape index (κ1) is 16.8. The predicted molar refractivity (Wildman–Crippen MR) is 76.7 cm³/mol. The fourth-order valence-electron chi connectivity index (χ4n) is 1.64. The van der Waals surface area contributed by atoms with Crippen LogP contribution in [-0.2, 0) is 9.53 Å². The van der Waals surface area contributed by atoms with E-state index in [2.05, 4.69) is 10.1 Å². The van der Waals surface area contributed by atoms with Gasteiger partial charge in [-0.05, 0) is 36.4 Å². The number of nitrogens with one attached hydrogen (secondary N) is 1. The molecule has 0 bridgehead atoms. The molecule has 0 aromatic heterocycles. The third-order valence-electron chi connectivity index (χ3n) is 2.69. The second-order valence-corrected chi connectivity index (χ2v) is 4.78. The van der Waals surface area contributed by atoms with E-state index in [-0.39, 0.29) is 10.7 Å². The number of amides is 1. The number of carbonyl (C=O) groups is 2. The van der Waals surface area contributed by atoms with Gasteiger partial charge in [0.25, 0.3) is 5.91 Å². The van der Waals surface area contributed by atoms with Gasteiger partial charge in [0.2, 0.25) is 0 Å². The van der Waals surface area contributed by atoms with Gasteiger partial charge in [-0.25, -0.2) is 18.0 Å². The van der Waals surface area contributed by atoms with Crippen LogP contribution in [0.4, 0.5) is 18.9 Å². The van der Waals surface area contributed by atoms with E-state index < -0.39 is 41.5 Å². The van der Waals surface area contributed by atoms with Crippen molar-refractivity contribution in [3.8, 4) is 0 Å². The van der Waals surface area contributed by atoms with Crippen LogP contribution in [-0.4, -0.2) is 18.5 Å². The molecule has 0 unspecified atom stereocenters. The highest BCUT2D eigenvalue weighted by atomic mass is 35.5.